The highest BCUT2D eigenvalue weighted by atomic mass is 16.6. The summed E-state index contributed by atoms with van der Waals surface area (Å²) >= 11 is 0. The lowest BCUT2D eigenvalue weighted by Crippen LogP contribution is -2.51. The molecule has 0 spiro atoms. The molecule has 76 heavy (non-hydrogen) atoms. The molecule has 0 N–H and O–H groups in total. The molecule has 4 bridgehead atoms. The van der Waals surface area contributed by atoms with Crippen LogP contribution in [0.1, 0.15) is 95.1 Å². The van der Waals surface area contributed by atoms with Crippen molar-refractivity contribution in [2.45, 2.75) is 76.7 Å². The van der Waals surface area contributed by atoms with Crippen molar-refractivity contribution in [2.75, 3.05) is 79.8 Å². The Hall–Kier alpha value is -7.02. The molecule has 0 saturated carbocycles. The topological polar surface area (TPSA) is 102 Å². The zero-order valence-corrected chi connectivity index (χ0v) is 44.2. The third-order valence-electron chi connectivity index (χ3n) is 17.3. The van der Waals surface area contributed by atoms with Crippen LogP contribution in [-0.4, -0.2) is 112 Å². The molecule has 396 valence electrons. The fraction of sp³-hybridized carbons (Fsp3) is 0.406. The van der Waals surface area contributed by atoms with E-state index in [-0.39, 0.29) is 35.1 Å². The second kappa shape index (κ2) is 23.1. The number of piperidine rings is 6. The fourth-order valence-electron chi connectivity index (χ4n) is 12.3. The van der Waals surface area contributed by atoms with Crippen LogP contribution in [0, 0.1) is 10.8 Å². The highest BCUT2D eigenvalue weighted by Gasteiger charge is 2.43. The summed E-state index contributed by atoms with van der Waals surface area (Å²) in [7, 11) is 3.33. The van der Waals surface area contributed by atoms with Crippen LogP contribution in [0.25, 0.3) is 0 Å². The average molecular weight is 1030 g/mol. The SMILES string of the molecule is COc1ccc(COc2ccc([C@@H]3c4ccccc4CCN3C(=O)OCC34CCN(CC3)CC4)cc2)cc1.COc1ccc(COc2ccc([C@H]3c4ccccc4CCN3C(=O)OCC34CCN(CC3)CC4)cc2)cc1. The van der Waals surface area contributed by atoms with E-state index in [0.717, 1.165) is 136 Å². The quantitative estimate of drug-likeness (QED) is 0.105. The van der Waals surface area contributed by atoms with E-state index < -0.39 is 0 Å². The van der Waals surface area contributed by atoms with Gasteiger partial charge in [-0.3, -0.25) is 9.80 Å². The molecule has 0 aromatic heterocycles. The standard InChI is InChI=1S/2C32H36N2O4/c2*1-36-27-10-6-24(7-11-27)22-37-28-12-8-26(9-13-28)30-29-5-3-2-4-25(29)14-18-34(30)31(35)38-23-32-15-19-33(20-16-32)21-17-32/h2*2-13,30H,14-23H2,1H3/t2*30-/m10/s1. The molecular weight excluding hydrogens is 953 g/mol. The van der Waals surface area contributed by atoms with Crippen LogP contribution in [-0.2, 0) is 35.5 Å². The van der Waals surface area contributed by atoms with Crippen molar-refractivity contribution in [1.29, 1.82) is 0 Å². The molecule has 6 aromatic rings. The number of methoxy groups -OCH3 is 2. The number of fused-ring (bicyclic) bond motifs is 8. The minimum Gasteiger partial charge on any atom is -0.497 e. The number of rotatable bonds is 14. The summed E-state index contributed by atoms with van der Waals surface area (Å²) in [5.74, 6) is 3.26. The first-order valence-electron chi connectivity index (χ1n) is 27.4. The van der Waals surface area contributed by atoms with Crippen molar-refractivity contribution in [1.82, 2.24) is 19.6 Å². The van der Waals surface area contributed by atoms with Crippen molar-refractivity contribution in [3.05, 3.63) is 190 Å². The lowest BCUT2D eigenvalue weighted by Gasteiger charge is -2.48. The van der Waals surface area contributed by atoms with Gasteiger partial charge in [0.1, 0.15) is 36.2 Å². The van der Waals surface area contributed by atoms with Gasteiger partial charge in [-0.2, -0.15) is 0 Å². The van der Waals surface area contributed by atoms with Gasteiger partial charge in [0.25, 0.3) is 0 Å². The van der Waals surface area contributed by atoms with Crippen molar-refractivity contribution in [3.8, 4) is 23.0 Å². The summed E-state index contributed by atoms with van der Waals surface area (Å²) < 4.78 is 34.7. The molecule has 12 heteroatoms. The predicted molar refractivity (Wildman–Crippen MR) is 293 cm³/mol. The van der Waals surface area contributed by atoms with Gasteiger partial charge < -0.3 is 38.2 Å². The Bertz CT molecular complexity index is 2670. The summed E-state index contributed by atoms with van der Waals surface area (Å²) in [4.78, 5) is 36.0. The number of carbonyl (C=O) groups is 2. The summed E-state index contributed by atoms with van der Waals surface area (Å²) in [5.41, 5.74) is 9.54. The first kappa shape index (κ1) is 51.1. The number of nitrogens with zero attached hydrogens (tertiary/aromatic N) is 4. The molecule has 12 nitrogen and oxygen atoms in total. The number of amides is 2. The van der Waals surface area contributed by atoms with Crippen molar-refractivity contribution in [2.24, 2.45) is 10.8 Å². The fourth-order valence-corrected chi connectivity index (χ4v) is 12.3. The van der Waals surface area contributed by atoms with E-state index in [9.17, 15) is 9.59 Å². The maximum absolute atomic E-state index is 13.5. The molecule has 8 heterocycles. The summed E-state index contributed by atoms with van der Waals surface area (Å²) in [6.45, 7) is 10.1. The Balaban J connectivity index is 0.000000162. The molecule has 0 aliphatic carbocycles. The Kier molecular flexibility index (Phi) is 15.5. The number of carbonyl (C=O) groups excluding carboxylic acids is 2. The van der Waals surface area contributed by atoms with E-state index in [1.165, 1.54) is 22.3 Å². The first-order valence-corrected chi connectivity index (χ1v) is 27.4. The van der Waals surface area contributed by atoms with E-state index in [1.54, 1.807) is 14.2 Å². The second-order valence-electron chi connectivity index (χ2n) is 21.8. The van der Waals surface area contributed by atoms with Crippen molar-refractivity contribution >= 4 is 12.2 Å². The predicted octanol–water partition coefficient (Wildman–Crippen LogP) is 11.7. The van der Waals surface area contributed by atoms with Crippen LogP contribution in [0.4, 0.5) is 9.59 Å². The third kappa shape index (κ3) is 11.5. The van der Waals surface area contributed by atoms with Crippen molar-refractivity contribution < 1.29 is 38.0 Å². The highest BCUT2D eigenvalue weighted by Crippen LogP contribution is 2.43. The average Bonchev–Trinajstić information content (AvgIpc) is 3.50. The zero-order valence-electron chi connectivity index (χ0n) is 44.2. The number of ether oxygens (including phenoxy) is 6. The van der Waals surface area contributed by atoms with E-state index in [0.29, 0.717) is 39.5 Å². The highest BCUT2D eigenvalue weighted by molar-refractivity contribution is 5.71. The lowest BCUT2D eigenvalue weighted by atomic mass is 9.73. The van der Waals surface area contributed by atoms with Gasteiger partial charge in [-0.15, -0.1) is 0 Å². The first-order chi connectivity index (χ1) is 37.2. The molecule has 6 aromatic carbocycles. The molecule has 14 rings (SSSR count). The Morgan fingerprint density at radius 3 is 1.13 bits per heavy atom. The smallest absolute Gasteiger partial charge is 0.410 e. The molecule has 2 atom stereocenters. The van der Waals surface area contributed by atoms with Gasteiger partial charge in [0, 0.05) is 23.9 Å². The Morgan fingerprint density at radius 2 is 0.776 bits per heavy atom. The van der Waals surface area contributed by atoms with Gasteiger partial charge >= 0.3 is 12.2 Å². The number of hydrogen-bond donors (Lipinski definition) is 0. The molecule has 6 saturated heterocycles. The number of benzene rings is 6. The maximum Gasteiger partial charge on any atom is 0.410 e. The molecule has 8 aliphatic rings. The van der Waals surface area contributed by atoms with Crippen molar-refractivity contribution in [3.63, 3.8) is 0 Å². The monoisotopic (exact) mass is 1020 g/mol. The van der Waals surface area contributed by atoms with Gasteiger partial charge in [-0.1, -0.05) is 97.1 Å². The summed E-state index contributed by atoms with van der Waals surface area (Å²) in [6.07, 6.45) is 8.05. The Morgan fingerprint density at radius 1 is 0.434 bits per heavy atom. The lowest BCUT2D eigenvalue weighted by molar-refractivity contribution is -0.0301. The van der Waals surface area contributed by atoms with Gasteiger partial charge in [-0.05, 0) is 184 Å². The normalized spacial score (nSPS) is 24.0. The minimum absolute atomic E-state index is 0.163. The van der Waals surface area contributed by atoms with Gasteiger partial charge in [-0.25, -0.2) is 9.59 Å². The molecule has 8 aliphatic heterocycles. The Labute approximate surface area is 448 Å². The maximum atomic E-state index is 13.5. The van der Waals surface area contributed by atoms with Crippen LogP contribution in [0.3, 0.4) is 0 Å². The molecule has 0 radical (unpaired) electrons. The summed E-state index contributed by atoms with van der Waals surface area (Å²) in [6, 6.07) is 48.6. The minimum atomic E-state index is -0.202. The second-order valence-corrected chi connectivity index (χ2v) is 21.8. The third-order valence-corrected chi connectivity index (χ3v) is 17.3. The molecule has 6 fully saturated rings. The van der Waals surface area contributed by atoms with E-state index in [2.05, 4.69) is 82.6 Å². The number of hydrogen-bond acceptors (Lipinski definition) is 10. The zero-order chi connectivity index (χ0) is 51.9. The molecular formula is C64H72N4O8. The largest absolute Gasteiger partial charge is 0.497 e. The van der Waals surface area contributed by atoms with Crippen LogP contribution < -0.4 is 18.9 Å². The van der Waals surface area contributed by atoms with Crippen LogP contribution in [0.5, 0.6) is 23.0 Å². The molecule has 2 amide bonds. The van der Waals surface area contributed by atoms with Gasteiger partial charge in [0.2, 0.25) is 0 Å². The van der Waals surface area contributed by atoms with Crippen LogP contribution >= 0.6 is 0 Å². The van der Waals surface area contributed by atoms with Gasteiger partial charge in [0.05, 0.1) is 39.5 Å². The van der Waals surface area contributed by atoms with Crippen LogP contribution in [0.2, 0.25) is 0 Å². The molecule has 0 unspecified atom stereocenters. The summed E-state index contributed by atoms with van der Waals surface area (Å²) in [5, 5.41) is 0. The van der Waals surface area contributed by atoms with E-state index in [4.69, 9.17) is 28.4 Å². The van der Waals surface area contributed by atoms with E-state index in [1.807, 2.05) is 82.6 Å². The van der Waals surface area contributed by atoms with E-state index >= 15 is 0 Å². The van der Waals surface area contributed by atoms with Crippen LogP contribution in [0.15, 0.2) is 146 Å². The van der Waals surface area contributed by atoms with Gasteiger partial charge in [0.15, 0.2) is 0 Å².